The maximum atomic E-state index is 13.5. The lowest BCUT2D eigenvalue weighted by molar-refractivity contribution is -0.133. The van der Waals surface area contributed by atoms with E-state index in [0.717, 1.165) is 11.6 Å². The molecular formula is C16H18ClF2NO2. The zero-order valence-corrected chi connectivity index (χ0v) is 13.1. The van der Waals surface area contributed by atoms with Crippen LogP contribution >= 0.6 is 11.6 Å². The second kappa shape index (κ2) is 8.66. The summed E-state index contributed by atoms with van der Waals surface area (Å²) >= 11 is 5.49. The smallest absolute Gasteiger partial charge is 0.333 e. The lowest BCUT2D eigenvalue weighted by atomic mass is 10.1. The average Bonchev–Trinajstić information content (AvgIpc) is 2.43. The van der Waals surface area contributed by atoms with Gasteiger partial charge in [-0.05, 0) is 50.6 Å². The van der Waals surface area contributed by atoms with Gasteiger partial charge in [-0.25, -0.2) is 13.6 Å². The number of carboxylic acid groups (broad SMARTS) is 1. The van der Waals surface area contributed by atoms with Crippen molar-refractivity contribution in [3.63, 3.8) is 0 Å². The Bertz CT molecular complexity index is 596. The van der Waals surface area contributed by atoms with Crippen LogP contribution in [0.5, 0.6) is 0 Å². The second-order valence-electron chi connectivity index (χ2n) is 4.84. The molecule has 1 rings (SSSR count). The number of allylic oxidation sites excluding steroid dienone is 3. The van der Waals surface area contributed by atoms with E-state index in [2.05, 4.69) is 5.32 Å². The predicted octanol–water partition coefficient (Wildman–Crippen LogP) is 3.80. The van der Waals surface area contributed by atoms with Gasteiger partial charge in [0.05, 0.1) is 10.6 Å². The summed E-state index contributed by atoms with van der Waals surface area (Å²) in [6.07, 6.45) is 1.44. The summed E-state index contributed by atoms with van der Waals surface area (Å²) in [5.41, 5.74) is 0.667. The molecule has 1 aromatic carbocycles. The molecule has 0 aliphatic heterocycles. The molecule has 3 nitrogen and oxygen atoms in total. The molecule has 0 aromatic heterocycles. The number of carboxylic acids is 1. The molecule has 1 atom stereocenters. The first-order valence-electron chi connectivity index (χ1n) is 6.76. The number of halogens is 3. The number of nitrogens with one attached hydrogen (secondary N) is 1. The third-order valence-corrected chi connectivity index (χ3v) is 3.26. The lowest BCUT2D eigenvalue weighted by Crippen LogP contribution is -2.32. The van der Waals surface area contributed by atoms with Crippen molar-refractivity contribution in [2.24, 2.45) is 0 Å². The van der Waals surface area contributed by atoms with Gasteiger partial charge in [0.25, 0.3) is 0 Å². The highest BCUT2D eigenvalue weighted by Crippen LogP contribution is 2.15. The van der Waals surface area contributed by atoms with Crippen molar-refractivity contribution < 1.29 is 18.7 Å². The van der Waals surface area contributed by atoms with Gasteiger partial charge in [0.2, 0.25) is 0 Å². The first-order valence-corrected chi connectivity index (χ1v) is 7.13. The van der Waals surface area contributed by atoms with Gasteiger partial charge < -0.3 is 10.4 Å². The van der Waals surface area contributed by atoms with Crippen LogP contribution < -0.4 is 5.32 Å². The largest absolute Gasteiger partial charge is 0.478 e. The van der Waals surface area contributed by atoms with Gasteiger partial charge >= 0.3 is 5.97 Å². The van der Waals surface area contributed by atoms with Crippen molar-refractivity contribution in [1.29, 1.82) is 0 Å². The molecule has 0 spiro atoms. The minimum Gasteiger partial charge on any atom is -0.478 e. The Morgan fingerprint density at radius 2 is 2.18 bits per heavy atom. The number of benzene rings is 1. The maximum absolute atomic E-state index is 13.5. The van der Waals surface area contributed by atoms with Crippen LogP contribution in [0.15, 0.2) is 46.8 Å². The molecule has 0 bridgehead atoms. The summed E-state index contributed by atoms with van der Waals surface area (Å²) in [5, 5.41) is 12.0. The van der Waals surface area contributed by atoms with Crippen molar-refractivity contribution >= 4 is 17.6 Å². The molecule has 0 saturated carbocycles. The standard InChI is InChI=1S/C16H18ClF2NO2/c1-10(17)15(19)9-14(16(21)22)11(2)20-7-6-12-4-3-5-13(18)8-12/h3-5,8-9,11,20H,6-7H2,1-2H3,(H,21,22)/b14-9+,15-10-. The number of hydrogen-bond acceptors (Lipinski definition) is 2. The van der Waals surface area contributed by atoms with E-state index in [1.54, 1.807) is 19.1 Å². The highest BCUT2D eigenvalue weighted by Gasteiger charge is 2.16. The molecule has 22 heavy (non-hydrogen) atoms. The lowest BCUT2D eigenvalue weighted by Gasteiger charge is -2.14. The number of aliphatic carboxylic acids is 1. The van der Waals surface area contributed by atoms with Gasteiger partial charge in [-0.3, -0.25) is 0 Å². The van der Waals surface area contributed by atoms with Gasteiger partial charge in [0.1, 0.15) is 11.6 Å². The third kappa shape index (κ3) is 5.95. The molecule has 6 heteroatoms. The van der Waals surface area contributed by atoms with Gasteiger partial charge in [-0.15, -0.1) is 0 Å². The monoisotopic (exact) mass is 329 g/mol. The van der Waals surface area contributed by atoms with Crippen molar-refractivity contribution in [1.82, 2.24) is 5.32 Å². The molecule has 0 fully saturated rings. The van der Waals surface area contributed by atoms with E-state index < -0.39 is 17.8 Å². The maximum Gasteiger partial charge on any atom is 0.333 e. The molecule has 0 radical (unpaired) electrons. The fourth-order valence-corrected chi connectivity index (χ4v) is 1.90. The number of carbonyl (C=O) groups is 1. The van der Waals surface area contributed by atoms with E-state index in [1.807, 2.05) is 0 Å². The van der Waals surface area contributed by atoms with Crippen molar-refractivity contribution in [2.75, 3.05) is 6.54 Å². The minimum absolute atomic E-state index is 0.106. The highest BCUT2D eigenvalue weighted by atomic mass is 35.5. The van der Waals surface area contributed by atoms with E-state index >= 15 is 0 Å². The Hall–Kier alpha value is -1.72. The Labute approximate surface area is 133 Å². The van der Waals surface area contributed by atoms with Crippen LogP contribution in [0.1, 0.15) is 19.4 Å². The summed E-state index contributed by atoms with van der Waals surface area (Å²) in [6.45, 7) is 3.39. The molecule has 0 aliphatic rings. The van der Waals surface area contributed by atoms with Crippen LogP contribution in [-0.2, 0) is 11.2 Å². The van der Waals surface area contributed by atoms with Crippen molar-refractivity contribution in [2.45, 2.75) is 26.3 Å². The fourth-order valence-electron chi connectivity index (χ4n) is 1.84. The van der Waals surface area contributed by atoms with Gasteiger partial charge in [-0.1, -0.05) is 23.7 Å². The summed E-state index contributed by atoms with van der Waals surface area (Å²) in [4.78, 5) is 11.2. The van der Waals surface area contributed by atoms with Crippen LogP contribution in [0.4, 0.5) is 8.78 Å². The molecule has 0 aliphatic carbocycles. The fraction of sp³-hybridized carbons (Fsp3) is 0.312. The summed E-state index contributed by atoms with van der Waals surface area (Å²) < 4.78 is 26.5. The van der Waals surface area contributed by atoms with E-state index in [0.29, 0.717) is 13.0 Å². The Morgan fingerprint density at radius 3 is 2.73 bits per heavy atom. The average molecular weight is 330 g/mol. The van der Waals surface area contributed by atoms with Gasteiger partial charge in [0.15, 0.2) is 0 Å². The Balaban J connectivity index is 2.67. The van der Waals surface area contributed by atoms with Crippen LogP contribution in [0.2, 0.25) is 0 Å². The molecule has 0 saturated heterocycles. The van der Waals surface area contributed by atoms with Crippen LogP contribution in [0.25, 0.3) is 0 Å². The molecule has 2 N–H and O–H groups in total. The molecule has 0 amide bonds. The minimum atomic E-state index is -1.22. The molecule has 1 aromatic rings. The number of hydrogen-bond donors (Lipinski definition) is 2. The van der Waals surface area contributed by atoms with Crippen LogP contribution in [0.3, 0.4) is 0 Å². The number of rotatable bonds is 7. The summed E-state index contributed by atoms with van der Waals surface area (Å²) in [7, 11) is 0. The molecule has 0 heterocycles. The topological polar surface area (TPSA) is 49.3 Å². The van der Waals surface area contributed by atoms with Crippen LogP contribution in [0, 0.1) is 5.82 Å². The Morgan fingerprint density at radius 1 is 1.50 bits per heavy atom. The predicted molar refractivity (Wildman–Crippen MR) is 82.9 cm³/mol. The quantitative estimate of drug-likeness (QED) is 0.591. The SMILES string of the molecule is C/C(Cl)=C(F)\C=C(\C(=O)O)C(C)NCCc1cccc(F)c1. The van der Waals surface area contributed by atoms with Crippen molar-refractivity contribution in [3.05, 3.63) is 58.2 Å². The molecule has 1 unspecified atom stereocenters. The van der Waals surface area contributed by atoms with E-state index in [9.17, 15) is 13.6 Å². The first kappa shape index (κ1) is 18.3. The first-order chi connectivity index (χ1) is 10.3. The Kier molecular flexibility index (Phi) is 7.21. The van der Waals surface area contributed by atoms with E-state index in [-0.39, 0.29) is 16.4 Å². The van der Waals surface area contributed by atoms with E-state index in [1.165, 1.54) is 19.1 Å². The highest BCUT2D eigenvalue weighted by molar-refractivity contribution is 6.29. The molecule has 120 valence electrons. The van der Waals surface area contributed by atoms with Gasteiger partial charge in [0, 0.05) is 6.04 Å². The normalized spacial score (nSPS) is 14.5. The zero-order chi connectivity index (χ0) is 16.7. The summed E-state index contributed by atoms with van der Waals surface area (Å²) in [5.74, 6) is -2.32. The second-order valence-corrected chi connectivity index (χ2v) is 5.41. The van der Waals surface area contributed by atoms with Crippen molar-refractivity contribution in [3.8, 4) is 0 Å². The third-order valence-electron chi connectivity index (χ3n) is 3.08. The van der Waals surface area contributed by atoms with E-state index in [4.69, 9.17) is 16.7 Å². The van der Waals surface area contributed by atoms with Gasteiger partial charge in [-0.2, -0.15) is 0 Å². The molecular weight excluding hydrogens is 312 g/mol. The summed E-state index contributed by atoms with van der Waals surface area (Å²) in [6, 6.07) is 5.59. The van der Waals surface area contributed by atoms with Crippen LogP contribution in [-0.4, -0.2) is 23.7 Å². The zero-order valence-electron chi connectivity index (χ0n) is 12.4.